The van der Waals surface area contributed by atoms with E-state index in [0.29, 0.717) is 6.04 Å². The van der Waals surface area contributed by atoms with Gasteiger partial charge in [-0.3, -0.25) is 4.90 Å². The SMILES string of the molecule is Clc1cc(Cl)cc(N2CCCN3CCCCC3C2)c1. The zero-order valence-electron chi connectivity index (χ0n) is 11.1. The summed E-state index contributed by atoms with van der Waals surface area (Å²) in [6.45, 7) is 4.71. The number of anilines is 1. The van der Waals surface area contributed by atoms with Crippen LogP contribution in [0.3, 0.4) is 0 Å². The van der Waals surface area contributed by atoms with Gasteiger partial charge in [-0.1, -0.05) is 29.6 Å². The van der Waals surface area contributed by atoms with Gasteiger partial charge in [0.2, 0.25) is 0 Å². The number of fused-ring (bicyclic) bond motifs is 1. The van der Waals surface area contributed by atoms with Gasteiger partial charge in [-0.15, -0.1) is 0 Å². The molecule has 0 bridgehead atoms. The summed E-state index contributed by atoms with van der Waals surface area (Å²) >= 11 is 12.3. The monoisotopic (exact) mass is 298 g/mol. The molecule has 0 N–H and O–H groups in total. The van der Waals surface area contributed by atoms with Crippen LogP contribution in [0.1, 0.15) is 25.7 Å². The molecule has 0 saturated carbocycles. The van der Waals surface area contributed by atoms with Crippen molar-refractivity contribution in [3.63, 3.8) is 0 Å². The molecule has 2 aliphatic heterocycles. The zero-order chi connectivity index (χ0) is 13.2. The molecule has 104 valence electrons. The fourth-order valence-electron chi connectivity index (χ4n) is 3.33. The molecule has 0 amide bonds. The van der Waals surface area contributed by atoms with E-state index in [-0.39, 0.29) is 0 Å². The van der Waals surface area contributed by atoms with Crippen molar-refractivity contribution in [1.82, 2.24) is 4.90 Å². The fraction of sp³-hybridized carbons (Fsp3) is 0.600. The molecule has 1 unspecified atom stereocenters. The Morgan fingerprint density at radius 1 is 0.895 bits per heavy atom. The van der Waals surface area contributed by atoms with Gasteiger partial charge in [0.1, 0.15) is 0 Å². The zero-order valence-corrected chi connectivity index (χ0v) is 12.6. The third-order valence-corrected chi connectivity index (χ3v) is 4.70. The van der Waals surface area contributed by atoms with Crippen LogP contribution in [-0.4, -0.2) is 37.1 Å². The summed E-state index contributed by atoms with van der Waals surface area (Å²) in [5, 5.41) is 1.46. The van der Waals surface area contributed by atoms with Crippen LogP contribution in [-0.2, 0) is 0 Å². The van der Waals surface area contributed by atoms with Crippen LogP contribution >= 0.6 is 23.2 Å². The second-order valence-corrected chi connectivity index (χ2v) is 6.49. The molecule has 1 atom stereocenters. The Kier molecular flexibility index (Phi) is 4.21. The Balaban J connectivity index is 1.80. The summed E-state index contributed by atoms with van der Waals surface area (Å²) in [6, 6.07) is 6.57. The number of halogens is 2. The van der Waals surface area contributed by atoms with Crippen molar-refractivity contribution in [2.45, 2.75) is 31.7 Å². The van der Waals surface area contributed by atoms with Crippen LogP contribution in [0.5, 0.6) is 0 Å². The Labute approximate surface area is 125 Å². The molecular formula is C15H20Cl2N2. The number of hydrogen-bond donors (Lipinski definition) is 0. The summed E-state index contributed by atoms with van der Waals surface area (Å²) in [7, 11) is 0. The van der Waals surface area contributed by atoms with E-state index in [9.17, 15) is 0 Å². The van der Waals surface area contributed by atoms with Gasteiger partial charge in [0, 0.05) is 41.4 Å². The third-order valence-electron chi connectivity index (χ3n) is 4.27. The van der Waals surface area contributed by atoms with Crippen LogP contribution in [0, 0.1) is 0 Å². The van der Waals surface area contributed by atoms with Gasteiger partial charge in [0.05, 0.1) is 0 Å². The van der Waals surface area contributed by atoms with Gasteiger partial charge in [-0.25, -0.2) is 0 Å². The first-order valence-electron chi connectivity index (χ1n) is 7.17. The molecule has 1 aromatic rings. The highest BCUT2D eigenvalue weighted by molar-refractivity contribution is 6.35. The van der Waals surface area contributed by atoms with Crippen molar-refractivity contribution in [2.75, 3.05) is 31.1 Å². The van der Waals surface area contributed by atoms with E-state index in [1.165, 1.54) is 44.5 Å². The van der Waals surface area contributed by atoms with E-state index >= 15 is 0 Å². The minimum Gasteiger partial charge on any atom is -0.370 e. The second kappa shape index (κ2) is 5.90. The van der Waals surface area contributed by atoms with Crippen molar-refractivity contribution in [3.8, 4) is 0 Å². The maximum absolute atomic E-state index is 6.13. The van der Waals surface area contributed by atoms with E-state index in [1.807, 2.05) is 12.1 Å². The molecule has 2 nitrogen and oxygen atoms in total. The van der Waals surface area contributed by atoms with Crippen molar-refractivity contribution in [1.29, 1.82) is 0 Å². The average Bonchev–Trinajstić information content (AvgIpc) is 2.59. The molecule has 19 heavy (non-hydrogen) atoms. The Morgan fingerprint density at radius 3 is 2.42 bits per heavy atom. The standard InChI is InChI=1S/C15H20Cl2N2/c16-12-8-13(17)10-15(9-12)19-7-3-6-18-5-2-1-4-14(18)11-19/h8-10,14H,1-7,11H2. The molecule has 0 radical (unpaired) electrons. The van der Waals surface area contributed by atoms with Crippen LogP contribution in [0.4, 0.5) is 5.69 Å². The highest BCUT2D eigenvalue weighted by Crippen LogP contribution is 2.29. The molecule has 0 aromatic heterocycles. The van der Waals surface area contributed by atoms with Gasteiger partial charge in [-0.2, -0.15) is 0 Å². The lowest BCUT2D eigenvalue weighted by atomic mass is 10.0. The van der Waals surface area contributed by atoms with Crippen molar-refractivity contribution >= 4 is 28.9 Å². The Morgan fingerprint density at radius 2 is 1.63 bits per heavy atom. The quantitative estimate of drug-likeness (QED) is 0.771. The first kappa shape index (κ1) is 13.5. The average molecular weight is 299 g/mol. The minimum absolute atomic E-state index is 0.703. The van der Waals surface area contributed by atoms with Crippen molar-refractivity contribution in [2.24, 2.45) is 0 Å². The summed E-state index contributed by atoms with van der Waals surface area (Å²) < 4.78 is 0. The summed E-state index contributed by atoms with van der Waals surface area (Å²) in [6.07, 6.45) is 5.27. The number of benzene rings is 1. The van der Waals surface area contributed by atoms with Crippen LogP contribution < -0.4 is 4.90 Å². The summed E-state index contributed by atoms with van der Waals surface area (Å²) in [5.41, 5.74) is 1.17. The predicted molar refractivity (Wildman–Crippen MR) is 82.5 cm³/mol. The van der Waals surface area contributed by atoms with Crippen LogP contribution in [0.2, 0.25) is 10.0 Å². The number of hydrogen-bond acceptors (Lipinski definition) is 2. The Bertz CT molecular complexity index is 430. The van der Waals surface area contributed by atoms with Crippen LogP contribution in [0.25, 0.3) is 0 Å². The highest BCUT2D eigenvalue weighted by Gasteiger charge is 2.27. The normalized spacial score (nSPS) is 24.9. The minimum atomic E-state index is 0.703. The van der Waals surface area contributed by atoms with Gasteiger partial charge in [0.15, 0.2) is 0 Å². The first-order valence-corrected chi connectivity index (χ1v) is 7.93. The smallest absolute Gasteiger partial charge is 0.0441 e. The number of rotatable bonds is 1. The molecule has 0 aliphatic carbocycles. The first-order chi connectivity index (χ1) is 9.22. The lowest BCUT2D eigenvalue weighted by Gasteiger charge is -2.36. The van der Waals surface area contributed by atoms with E-state index in [0.717, 1.165) is 23.1 Å². The second-order valence-electron chi connectivity index (χ2n) is 5.61. The van der Waals surface area contributed by atoms with Crippen molar-refractivity contribution in [3.05, 3.63) is 28.2 Å². The maximum Gasteiger partial charge on any atom is 0.0441 e. The molecule has 4 heteroatoms. The molecule has 0 spiro atoms. The molecule has 2 aliphatic rings. The summed E-state index contributed by atoms with van der Waals surface area (Å²) in [5.74, 6) is 0. The topological polar surface area (TPSA) is 6.48 Å². The lowest BCUT2D eigenvalue weighted by Crippen LogP contribution is -2.44. The maximum atomic E-state index is 6.13. The predicted octanol–water partition coefficient (Wildman–Crippen LogP) is 4.06. The Hall–Kier alpha value is -0.440. The van der Waals surface area contributed by atoms with Gasteiger partial charge in [-0.05, 0) is 44.0 Å². The largest absolute Gasteiger partial charge is 0.370 e. The highest BCUT2D eigenvalue weighted by atomic mass is 35.5. The molecule has 2 fully saturated rings. The number of nitrogens with zero attached hydrogens (tertiary/aromatic N) is 2. The third kappa shape index (κ3) is 3.18. The van der Waals surface area contributed by atoms with E-state index in [4.69, 9.17) is 23.2 Å². The van der Waals surface area contributed by atoms with E-state index in [1.54, 1.807) is 6.07 Å². The molecule has 3 rings (SSSR count). The van der Waals surface area contributed by atoms with Gasteiger partial charge < -0.3 is 4.90 Å². The van der Waals surface area contributed by atoms with Crippen LogP contribution in [0.15, 0.2) is 18.2 Å². The summed E-state index contributed by atoms with van der Waals surface area (Å²) in [4.78, 5) is 5.11. The van der Waals surface area contributed by atoms with Gasteiger partial charge in [0.25, 0.3) is 0 Å². The van der Waals surface area contributed by atoms with Gasteiger partial charge >= 0.3 is 0 Å². The van der Waals surface area contributed by atoms with E-state index < -0.39 is 0 Å². The molecule has 1 aromatic carbocycles. The number of piperidine rings is 1. The molecule has 2 heterocycles. The van der Waals surface area contributed by atoms with Crippen molar-refractivity contribution < 1.29 is 0 Å². The lowest BCUT2D eigenvalue weighted by molar-refractivity contribution is 0.162. The fourth-order valence-corrected chi connectivity index (χ4v) is 3.84. The molecular weight excluding hydrogens is 279 g/mol. The molecule has 2 saturated heterocycles. The van der Waals surface area contributed by atoms with E-state index in [2.05, 4.69) is 9.80 Å².